The third kappa shape index (κ3) is 4.75. The predicted octanol–water partition coefficient (Wildman–Crippen LogP) is 5.06. The van der Waals surface area contributed by atoms with Crippen LogP contribution in [0.2, 0.25) is 0 Å². The van der Waals surface area contributed by atoms with Gasteiger partial charge < -0.3 is 10.6 Å². The third-order valence-electron chi connectivity index (χ3n) is 3.96. The van der Waals surface area contributed by atoms with Gasteiger partial charge in [0.2, 0.25) is 11.8 Å². The van der Waals surface area contributed by atoms with E-state index in [0.29, 0.717) is 10.6 Å². The van der Waals surface area contributed by atoms with Gasteiger partial charge in [-0.3, -0.25) is 9.59 Å². The topological polar surface area (TPSA) is 58.2 Å². The minimum absolute atomic E-state index is 0.0810. The summed E-state index contributed by atoms with van der Waals surface area (Å²) in [6.07, 6.45) is -4.56. The number of amides is 2. The molecule has 0 radical (unpaired) electrons. The molecule has 0 aliphatic carbocycles. The highest BCUT2D eigenvalue weighted by atomic mass is 127. The Morgan fingerprint density at radius 3 is 2.67 bits per heavy atom. The molecule has 1 aliphatic rings. The standard InChI is InChI=1S/C18H14F3IN2O2S/c1-9-6-11(22)3-4-12(9)23-16(25)8-15-17(26)24-13-7-10(18(19,20)21)2-5-14(13)27-15/h2-7,15H,8H2,1H3,(H,23,25)(H,24,26)/t15-/m1/s1. The van der Waals surface area contributed by atoms with Gasteiger partial charge >= 0.3 is 6.18 Å². The summed E-state index contributed by atoms with van der Waals surface area (Å²) in [5.41, 5.74) is 0.857. The maximum atomic E-state index is 12.8. The Morgan fingerprint density at radius 2 is 2.00 bits per heavy atom. The number of rotatable bonds is 3. The highest BCUT2D eigenvalue weighted by Gasteiger charge is 2.34. The Hall–Kier alpha value is -1.75. The molecule has 142 valence electrons. The number of hydrogen-bond donors (Lipinski definition) is 2. The van der Waals surface area contributed by atoms with Crippen LogP contribution in [0.15, 0.2) is 41.3 Å². The van der Waals surface area contributed by atoms with Crippen LogP contribution in [0.3, 0.4) is 0 Å². The summed E-state index contributed by atoms with van der Waals surface area (Å²) in [4.78, 5) is 25.0. The van der Waals surface area contributed by atoms with Crippen molar-refractivity contribution in [3.63, 3.8) is 0 Å². The van der Waals surface area contributed by atoms with E-state index in [9.17, 15) is 22.8 Å². The van der Waals surface area contributed by atoms with Crippen molar-refractivity contribution in [2.24, 2.45) is 0 Å². The van der Waals surface area contributed by atoms with Crippen molar-refractivity contribution in [2.45, 2.75) is 29.7 Å². The SMILES string of the molecule is Cc1cc(I)ccc1NC(=O)C[C@H]1Sc2ccc(C(F)(F)F)cc2NC1=O. The second kappa shape index (κ2) is 7.70. The summed E-state index contributed by atoms with van der Waals surface area (Å²) >= 11 is 3.26. The Bertz CT molecular complexity index is 918. The van der Waals surface area contributed by atoms with Gasteiger partial charge in [0.25, 0.3) is 0 Å². The van der Waals surface area contributed by atoms with E-state index in [4.69, 9.17) is 0 Å². The molecule has 2 amide bonds. The van der Waals surface area contributed by atoms with Gasteiger partial charge in [-0.05, 0) is 71.5 Å². The number of aryl methyl sites for hydroxylation is 1. The molecule has 0 fully saturated rings. The average molecular weight is 506 g/mol. The molecule has 0 bridgehead atoms. The molecule has 2 aromatic rings. The van der Waals surface area contributed by atoms with E-state index in [1.807, 2.05) is 19.1 Å². The second-order valence-corrected chi connectivity index (χ2v) is 8.51. The van der Waals surface area contributed by atoms with Gasteiger partial charge in [-0.25, -0.2) is 0 Å². The smallest absolute Gasteiger partial charge is 0.326 e. The van der Waals surface area contributed by atoms with E-state index < -0.39 is 22.9 Å². The van der Waals surface area contributed by atoms with E-state index in [1.54, 1.807) is 6.07 Å². The molecule has 2 N–H and O–H groups in total. The Kier molecular flexibility index (Phi) is 5.71. The lowest BCUT2D eigenvalue weighted by atomic mass is 10.1. The summed E-state index contributed by atoms with van der Waals surface area (Å²) < 4.78 is 39.4. The summed E-state index contributed by atoms with van der Waals surface area (Å²) in [5, 5.41) is 4.53. The fourth-order valence-corrected chi connectivity index (χ4v) is 4.34. The van der Waals surface area contributed by atoms with Crippen LogP contribution in [-0.2, 0) is 15.8 Å². The van der Waals surface area contributed by atoms with Crippen molar-refractivity contribution in [3.8, 4) is 0 Å². The highest BCUT2D eigenvalue weighted by Crippen LogP contribution is 2.40. The molecule has 0 saturated heterocycles. The van der Waals surface area contributed by atoms with E-state index >= 15 is 0 Å². The predicted molar refractivity (Wildman–Crippen MR) is 107 cm³/mol. The number of thioether (sulfide) groups is 1. The van der Waals surface area contributed by atoms with Gasteiger partial charge in [-0.15, -0.1) is 11.8 Å². The van der Waals surface area contributed by atoms with E-state index in [2.05, 4.69) is 33.2 Å². The summed E-state index contributed by atoms with van der Waals surface area (Å²) in [6.45, 7) is 1.87. The number of halogens is 4. The fraction of sp³-hybridized carbons (Fsp3) is 0.222. The van der Waals surface area contributed by atoms with Crippen LogP contribution in [-0.4, -0.2) is 17.1 Å². The van der Waals surface area contributed by atoms with E-state index in [0.717, 1.165) is 33.0 Å². The van der Waals surface area contributed by atoms with Crippen molar-refractivity contribution in [1.82, 2.24) is 0 Å². The van der Waals surface area contributed by atoms with Crippen molar-refractivity contribution >= 4 is 57.5 Å². The molecule has 1 heterocycles. The number of carbonyl (C=O) groups excluding carboxylic acids is 2. The lowest BCUT2D eigenvalue weighted by Crippen LogP contribution is -2.32. The number of alkyl halides is 3. The molecule has 4 nitrogen and oxygen atoms in total. The fourth-order valence-electron chi connectivity index (χ4n) is 2.60. The summed E-state index contributed by atoms with van der Waals surface area (Å²) in [6, 6.07) is 8.76. The lowest BCUT2D eigenvalue weighted by Gasteiger charge is -2.24. The number of hydrogen-bond acceptors (Lipinski definition) is 3. The number of carbonyl (C=O) groups is 2. The zero-order valence-electron chi connectivity index (χ0n) is 14.0. The van der Waals surface area contributed by atoms with E-state index in [1.165, 1.54) is 6.07 Å². The zero-order chi connectivity index (χ0) is 19.8. The van der Waals surface area contributed by atoms with Gasteiger partial charge in [-0.2, -0.15) is 13.2 Å². The van der Waals surface area contributed by atoms with Gasteiger partial charge in [0.05, 0.1) is 16.5 Å². The molecular formula is C18H14F3IN2O2S. The minimum atomic E-state index is -4.48. The highest BCUT2D eigenvalue weighted by molar-refractivity contribution is 14.1. The summed E-state index contributed by atoms with van der Waals surface area (Å²) in [7, 11) is 0. The van der Waals surface area contributed by atoms with Crippen molar-refractivity contribution in [2.75, 3.05) is 10.6 Å². The molecule has 0 spiro atoms. The average Bonchev–Trinajstić information content (AvgIpc) is 2.57. The van der Waals surface area contributed by atoms with E-state index in [-0.39, 0.29) is 18.0 Å². The molecule has 0 aromatic heterocycles. The van der Waals surface area contributed by atoms with Crippen molar-refractivity contribution in [1.29, 1.82) is 0 Å². The van der Waals surface area contributed by atoms with Crippen LogP contribution in [0, 0.1) is 10.5 Å². The van der Waals surface area contributed by atoms with Gasteiger partial charge in [0.15, 0.2) is 0 Å². The quantitative estimate of drug-likeness (QED) is 0.573. The number of fused-ring (bicyclic) bond motifs is 1. The third-order valence-corrected chi connectivity index (χ3v) is 5.91. The van der Waals surface area contributed by atoms with Gasteiger partial charge in [0.1, 0.15) is 0 Å². The maximum absolute atomic E-state index is 12.8. The summed E-state index contributed by atoms with van der Waals surface area (Å²) in [5.74, 6) is -0.816. The van der Waals surface area contributed by atoms with Crippen LogP contribution >= 0.6 is 34.4 Å². The molecule has 27 heavy (non-hydrogen) atoms. The molecule has 9 heteroatoms. The maximum Gasteiger partial charge on any atom is 0.416 e. The normalized spacial score (nSPS) is 16.5. The Labute approximate surface area is 171 Å². The first-order valence-corrected chi connectivity index (χ1v) is 9.84. The van der Waals surface area contributed by atoms with Crippen LogP contribution in [0.4, 0.5) is 24.5 Å². The van der Waals surface area contributed by atoms with Crippen LogP contribution in [0.25, 0.3) is 0 Å². The first-order chi connectivity index (χ1) is 12.6. The zero-order valence-corrected chi connectivity index (χ0v) is 17.0. The molecule has 1 atom stereocenters. The van der Waals surface area contributed by atoms with Gasteiger partial charge in [0, 0.05) is 20.6 Å². The molecule has 3 rings (SSSR count). The van der Waals surface area contributed by atoms with Crippen molar-refractivity contribution in [3.05, 3.63) is 51.1 Å². The molecular weight excluding hydrogens is 492 g/mol. The Morgan fingerprint density at radius 1 is 1.26 bits per heavy atom. The minimum Gasteiger partial charge on any atom is -0.326 e. The first-order valence-electron chi connectivity index (χ1n) is 7.88. The van der Waals surface area contributed by atoms with Crippen LogP contribution < -0.4 is 10.6 Å². The Balaban J connectivity index is 1.70. The monoisotopic (exact) mass is 506 g/mol. The largest absolute Gasteiger partial charge is 0.416 e. The molecule has 0 saturated carbocycles. The molecule has 1 aliphatic heterocycles. The van der Waals surface area contributed by atoms with Crippen LogP contribution in [0.1, 0.15) is 17.5 Å². The second-order valence-electron chi connectivity index (χ2n) is 6.02. The van der Waals surface area contributed by atoms with Crippen molar-refractivity contribution < 1.29 is 22.8 Å². The molecule has 0 unspecified atom stereocenters. The van der Waals surface area contributed by atoms with Crippen LogP contribution in [0.5, 0.6) is 0 Å². The lowest BCUT2D eigenvalue weighted by molar-refractivity contribution is -0.137. The molecule has 2 aromatic carbocycles. The van der Waals surface area contributed by atoms with Gasteiger partial charge in [-0.1, -0.05) is 0 Å². The number of benzene rings is 2. The number of anilines is 2. The first kappa shape index (κ1) is 20.0. The number of nitrogens with one attached hydrogen (secondary N) is 2.